The van der Waals surface area contributed by atoms with E-state index in [4.69, 9.17) is 0 Å². The summed E-state index contributed by atoms with van der Waals surface area (Å²) in [5.41, 5.74) is 3.84. The lowest BCUT2D eigenvalue weighted by atomic mass is 9.84. The number of hydrogen-bond donors (Lipinski definition) is 2. The van der Waals surface area contributed by atoms with Gasteiger partial charge < -0.3 is 15.5 Å². The number of nitrogens with one attached hydrogen (secondary N) is 2. The Bertz CT molecular complexity index is 880. The number of halogens is 1. The highest BCUT2D eigenvalue weighted by Gasteiger charge is 2.29. The van der Waals surface area contributed by atoms with Crippen molar-refractivity contribution in [3.8, 4) is 0 Å². The first-order chi connectivity index (χ1) is 14.9. The van der Waals surface area contributed by atoms with E-state index in [-0.39, 0.29) is 35.3 Å². The van der Waals surface area contributed by atoms with Gasteiger partial charge in [0.25, 0.3) is 0 Å². The fourth-order valence-electron chi connectivity index (χ4n) is 3.99. The number of guanidine groups is 1. The van der Waals surface area contributed by atoms with Gasteiger partial charge in [-0.25, -0.2) is 0 Å². The maximum Gasteiger partial charge on any atom is 0.223 e. The molecule has 1 atom stereocenters. The fourth-order valence-corrected chi connectivity index (χ4v) is 3.99. The first-order valence-corrected chi connectivity index (χ1v) is 11.2. The molecule has 2 aromatic rings. The maximum atomic E-state index is 12.4. The molecule has 32 heavy (non-hydrogen) atoms. The van der Waals surface area contributed by atoms with Crippen molar-refractivity contribution in [1.82, 2.24) is 15.5 Å². The van der Waals surface area contributed by atoms with Gasteiger partial charge in [-0.3, -0.25) is 9.79 Å². The number of carbonyl (C=O) groups excluding carboxylic acids is 1. The van der Waals surface area contributed by atoms with Crippen molar-refractivity contribution in [1.29, 1.82) is 0 Å². The lowest BCUT2D eigenvalue weighted by Gasteiger charge is -2.27. The molecule has 0 saturated carbocycles. The number of carbonyl (C=O) groups is 1. The van der Waals surface area contributed by atoms with Crippen LogP contribution in [0.1, 0.15) is 37.0 Å². The largest absolute Gasteiger partial charge is 0.356 e. The predicted molar refractivity (Wildman–Crippen MR) is 144 cm³/mol. The van der Waals surface area contributed by atoms with Crippen molar-refractivity contribution < 1.29 is 4.79 Å². The van der Waals surface area contributed by atoms with Gasteiger partial charge >= 0.3 is 0 Å². The van der Waals surface area contributed by atoms with E-state index in [9.17, 15) is 4.79 Å². The van der Waals surface area contributed by atoms with E-state index in [0.717, 1.165) is 38.6 Å². The van der Waals surface area contributed by atoms with Crippen LogP contribution in [-0.2, 0) is 16.6 Å². The van der Waals surface area contributed by atoms with E-state index in [0.29, 0.717) is 12.3 Å². The van der Waals surface area contributed by atoms with Gasteiger partial charge in [-0.2, -0.15) is 0 Å². The molecule has 1 aliphatic rings. The number of rotatable bonds is 8. The Morgan fingerprint density at radius 2 is 1.78 bits per heavy atom. The molecule has 5 nitrogen and oxygen atoms in total. The van der Waals surface area contributed by atoms with Crippen molar-refractivity contribution in [3.05, 3.63) is 71.3 Å². The van der Waals surface area contributed by atoms with Crippen LogP contribution in [0.15, 0.2) is 59.6 Å². The summed E-state index contributed by atoms with van der Waals surface area (Å²) in [5.74, 6) is 1.36. The highest BCUT2D eigenvalue weighted by molar-refractivity contribution is 14.0. The summed E-state index contributed by atoms with van der Waals surface area (Å²) in [6.45, 7) is 9.70. The fraction of sp³-hybridized carbons (Fsp3) is 0.462. The van der Waals surface area contributed by atoms with Crippen LogP contribution in [0.2, 0.25) is 0 Å². The molecule has 1 saturated heterocycles. The van der Waals surface area contributed by atoms with E-state index in [1.807, 2.05) is 23.1 Å². The third kappa shape index (κ3) is 7.50. The Morgan fingerprint density at radius 1 is 1.09 bits per heavy atom. The predicted octanol–water partition coefficient (Wildman–Crippen LogP) is 4.15. The Hall–Kier alpha value is -2.09. The molecule has 2 aromatic carbocycles. The third-order valence-electron chi connectivity index (χ3n) is 6.12. The molecule has 1 aliphatic heterocycles. The number of nitrogens with zero attached hydrogens (tertiary/aromatic N) is 2. The van der Waals surface area contributed by atoms with Crippen LogP contribution in [0.25, 0.3) is 0 Å². The Balaban J connectivity index is 0.00000363. The number of aryl methyl sites for hydroxylation is 1. The van der Waals surface area contributed by atoms with Gasteiger partial charge in [-0.1, -0.05) is 74.0 Å². The zero-order chi connectivity index (χ0) is 22.3. The van der Waals surface area contributed by atoms with Gasteiger partial charge in [0.1, 0.15) is 0 Å². The minimum atomic E-state index is -0.0110. The molecule has 0 aromatic heterocycles. The van der Waals surface area contributed by atoms with Gasteiger partial charge in [-0.15, -0.1) is 24.0 Å². The molecule has 3 rings (SSSR count). The molecule has 0 radical (unpaired) electrons. The minimum absolute atomic E-state index is 0. The van der Waals surface area contributed by atoms with E-state index < -0.39 is 0 Å². The van der Waals surface area contributed by atoms with Gasteiger partial charge in [-0.05, 0) is 24.5 Å². The van der Waals surface area contributed by atoms with Crippen LogP contribution in [0, 0.1) is 12.8 Å². The highest BCUT2D eigenvalue weighted by atomic mass is 127. The Labute approximate surface area is 210 Å². The standard InChI is InChI=1S/C26H36N4O.HI/c1-20-10-12-23(13-11-20)26(2,3)19-29-25(27-4)28-17-22-16-24(31)30(18-22)15-14-21-8-6-5-7-9-21;/h5-13,22H,14-19H2,1-4H3,(H2,27,28,29);1H. The summed E-state index contributed by atoms with van der Waals surface area (Å²) < 4.78 is 0. The number of aliphatic imine (C=N–C) groups is 1. The van der Waals surface area contributed by atoms with Crippen LogP contribution in [0.3, 0.4) is 0 Å². The lowest BCUT2D eigenvalue weighted by molar-refractivity contribution is -0.127. The molecular formula is C26H37IN4O. The molecule has 1 unspecified atom stereocenters. The summed E-state index contributed by atoms with van der Waals surface area (Å²) in [4.78, 5) is 18.8. The van der Waals surface area contributed by atoms with E-state index in [1.54, 1.807) is 7.05 Å². The monoisotopic (exact) mass is 548 g/mol. The van der Waals surface area contributed by atoms with Crippen molar-refractivity contribution in [3.63, 3.8) is 0 Å². The topological polar surface area (TPSA) is 56.7 Å². The molecule has 1 fully saturated rings. The smallest absolute Gasteiger partial charge is 0.223 e. The molecule has 174 valence electrons. The molecule has 1 amide bonds. The van der Waals surface area contributed by atoms with Gasteiger partial charge in [0.2, 0.25) is 5.91 Å². The van der Waals surface area contributed by atoms with E-state index in [1.165, 1.54) is 16.7 Å². The number of benzene rings is 2. The van der Waals surface area contributed by atoms with Gasteiger partial charge in [0.05, 0.1) is 0 Å². The zero-order valence-electron chi connectivity index (χ0n) is 19.7. The quantitative estimate of drug-likeness (QED) is 0.296. The van der Waals surface area contributed by atoms with Crippen molar-refractivity contribution in [2.24, 2.45) is 10.9 Å². The summed E-state index contributed by atoms with van der Waals surface area (Å²) in [5, 5.41) is 6.88. The second kappa shape index (κ2) is 12.2. The average Bonchev–Trinajstić information content (AvgIpc) is 3.13. The van der Waals surface area contributed by atoms with Crippen molar-refractivity contribution >= 4 is 35.8 Å². The van der Waals surface area contributed by atoms with Crippen molar-refractivity contribution in [2.75, 3.05) is 33.2 Å². The normalized spacial score (nSPS) is 16.6. The summed E-state index contributed by atoms with van der Waals surface area (Å²) in [7, 11) is 1.79. The van der Waals surface area contributed by atoms with Crippen LogP contribution in [0.4, 0.5) is 0 Å². The van der Waals surface area contributed by atoms with E-state index in [2.05, 4.69) is 72.8 Å². The second-order valence-electron chi connectivity index (χ2n) is 9.20. The number of amides is 1. The van der Waals surface area contributed by atoms with Crippen LogP contribution < -0.4 is 10.6 Å². The number of likely N-dealkylation sites (tertiary alicyclic amines) is 1. The van der Waals surface area contributed by atoms with Crippen LogP contribution in [0.5, 0.6) is 0 Å². The van der Waals surface area contributed by atoms with E-state index >= 15 is 0 Å². The Morgan fingerprint density at radius 3 is 2.44 bits per heavy atom. The van der Waals surface area contributed by atoms with Gasteiger partial charge in [0.15, 0.2) is 5.96 Å². The third-order valence-corrected chi connectivity index (χ3v) is 6.12. The summed E-state index contributed by atoms with van der Waals surface area (Å²) >= 11 is 0. The average molecular weight is 549 g/mol. The zero-order valence-corrected chi connectivity index (χ0v) is 22.1. The molecular weight excluding hydrogens is 511 g/mol. The molecule has 1 heterocycles. The SMILES string of the molecule is CN=C(NCC1CC(=O)N(CCc2ccccc2)C1)NCC(C)(C)c1ccc(C)cc1.I. The summed E-state index contributed by atoms with van der Waals surface area (Å²) in [6, 6.07) is 19.1. The molecule has 0 bridgehead atoms. The number of hydrogen-bond acceptors (Lipinski definition) is 2. The summed E-state index contributed by atoms with van der Waals surface area (Å²) in [6.07, 6.45) is 1.51. The molecule has 6 heteroatoms. The highest BCUT2D eigenvalue weighted by Crippen LogP contribution is 2.22. The van der Waals surface area contributed by atoms with Gasteiger partial charge in [0, 0.05) is 51.0 Å². The maximum absolute atomic E-state index is 12.4. The first-order valence-electron chi connectivity index (χ1n) is 11.2. The molecule has 0 aliphatic carbocycles. The van der Waals surface area contributed by atoms with Crippen LogP contribution >= 0.6 is 24.0 Å². The molecule has 2 N–H and O–H groups in total. The molecule has 0 spiro atoms. The Kier molecular flexibility index (Phi) is 10.0. The first kappa shape index (κ1) is 26.2. The van der Waals surface area contributed by atoms with Crippen molar-refractivity contribution in [2.45, 2.75) is 39.0 Å². The minimum Gasteiger partial charge on any atom is -0.356 e. The van der Waals surface area contributed by atoms with Crippen LogP contribution in [-0.4, -0.2) is 50.0 Å². The second-order valence-corrected chi connectivity index (χ2v) is 9.20. The lowest BCUT2D eigenvalue weighted by Crippen LogP contribution is -2.45.